The van der Waals surface area contributed by atoms with Gasteiger partial charge in [-0.3, -0.25) is 9.59 Å². The molecule has 1 aromatic carbocycles. The van der Waals surface area contributed by atoms with Crippen molar-refractivity contribution in [2.24, 2.45) is 0 Å². The van der Waals surface area contributed by atoms with Gasteiger partial charge in [0.2, 0.25) is 5.91 Å². The van der Waals surface area contributed by atoms with Crippen LogP contribution in [0.4, 0.5) is 0 Å². The van der Waals surface area contributed by atoms with E-state index >= 15 is 0 Å². The zero-order valence-electron chi connectivity index (χ0n) is 13.5. The van der Waals surface area contributed by atoms with E-state index in [4.69, 9.17) is 11.6 Å². The first-order chi connectivity index (χ1) is 11.6. The van der Waals surface area contributed by atoms with E-state index in [0.717, 1.165) is 19.6 Å². The molecule has 0 spiro atoms. The Morgan fingerprint density at radius 2 is 1.92 bits per heavy atom. The van der Waals surface area contributed by atoms with Crippen LogP contribution < -0.4 is 5.32 Å². The van der Waals surface area contributed by atoms with Crippen LogP contribution in [0.25, 0.3) is 0 Å². The summed E-state index contributed by atoms with van der Waals surface area (Å²) in [7, 11) is 0. The fourth-order valence-corrected chi connectivity index (χ4v) is 4.36. The third kappa shape index (κ3) is 4.23. The molecule has 2 aliphatic rings. The van der Waals surface area contributed by atoms with Crippen molar-refractivity contribution >= 4 is 35.2 Å². The van der Waals surface area contributed by atoms with Crippen LogP contribution in [0.1, 0.15) is 23.2 Å². The third-order valence-electron chi connectivity index (χ3n) is 4.46. The van der Waals surface area contributed by atoms with Crippen molar-refractivity contribution in [1.29, 1.82) is 0 Å². The topological polar surface area (TPSA) is 52.7 Å². The van der Waals surface area contributed by atoms with E-state index in [-0.39, 0.29) is 11.8 Å². The molecule has 0 saturated carbocycles. The number of halogens is 1. The quantitative estimate of drug-likeness (QED) is 0.865. The van der Waals surface area contributed by atoms with Crippen LogP contribution in [0, 0.1) is 0 Å². The summed E-state index contributed by atoms with van der Waals surface area (Å²) in [6, 6.07) is 6.41. The lowest BCUT2D eigenvalue weighted by molar-refractivity contribution is -0.124. The number of hydrogen-bond acceptors (Lipinski definition) is 4. The van der Waals surface area contributed by atoms with Gasteiger partial charge in [-0.15, -0.1) is 11.8 Å². The lowest BCUT2D eigenvalue weighted by Crippen LogP contribution is -2.48. The van der Waals surface area contributed by atoms with Gasteiger partial charge in [0.25, 0.3) is 5.91 Å². The molecule has 0 bridgehead atoms. The van der Waals surface area contributed by atoms with Crippen LogP contribution in [0.2, 0.25) is 5.02 Å². The Balaban J connectivity index is 1.54. The summed E-state index contributed by atoms with van der Waals surface area (Å²) in [6.07, 6.45) is 2.49. The number of likely N-dealkylation sites (tertiary alicyclic amines) is 1. The first-order valence-corrected chi connectivity index (χ1v) is 9.83. The second-order valence-electron chi connectivity index (χ2n) is 6.14. The largest absolute Gasteiger partial charge is 0.353 e. The molecule has 7 heteroatoms. The van der Waals surface area contributed by atoms with Crippen LogP contribution in [-0.4, -0.2) is 65.5 Å². The van der Waals surface area contributed by atoms with Crippen LogP contribution >= 0.6 is 23.4 Å². The standard InChI is InChI=1S/C17H22ClN3O2S/c18-14-5-3-13(4-6-14)17(23)21-12-24-11-15(21)16(22)19-7-10-20-8-1-2-9-20/h3-6,15H,1-2,7-12H2,(H,19,22). The first-order valence-electron chi connectivity index (χ1n) is 8.29. The Kier molecular flexibility index (Phi) is 6.03. The Labute approximate surface area is 151 Å². The molecular weight excluding hydrogens is 346 g/mol. The normalized spacial score (nSPS) is 21.2. The number of amides is 2. The van der Waals surface area contributed by atoms with Gasteiger partial charge in [-0.25, -0.2) is 0 Å². The summed E-state index contributed by atoms with van der Waals surface area (Å²) >= 11 is 7.48. The zero-order chi connectivity index (χ0) is 16.9. The van der Waals surface area contributed by atoms with Crippen molar-refractivity contribution in [2.45, 2.75) is 18.9 Å². The minimum Gasteiger partial charge on any atom is -0.353 e. The lowest BCUT2D eigenvalue weighted by atomic mass is 10.1. The second-order valence-corrected chi connectivity index (χ2v) is 7.57. The highest BCUT2D eigenvalue weighted by Crippen LogP contribution is 2.24. The molecule has 1 aromatic rings. The summed E-state index contributed by atoms with van der Waals surface area (Å²) in [5.74, 6) is 1.03. The molecule has 1 unspecified atom stereocenters. The van der Waals surface area contributed by atoms with Crippen molar-refractivity contribution in [3.8, 4) is 0 Å². The van der Waals surface area contributed by atoms with Gasteiger partial charge in [-0.1, -0.05) is 11.6 Å². The maximum Gasteiger partial charge on any atom is 0.255 e. The lowest BCUT2D eigenvalue weighted by Gasteiger charge is -2.24. The van der Waals surface area contributed by atoms with Crippen LogP contribution in [-0.2, 0) is 4.79 Å². The molecule has 2 amide bonds. The summed E-state index contributed by atoms with van der Waals surface area (Å²) in [5.41, 5.74) is 0.566. The Morgan fingerprint density at radius 1 is 1.21 bits per heavy atom. The van der Waals surface area contributed by atoms with Gasteiger partial charge in [-0.2, -0.15) is 0 Å². The highest BCUT2D eigenvalue weighted by Gasteiger charge is 2.34. The molecule has 0 aromatic heterocycles. The molecule has 24 heavy (non-hydrogen) atoms. The van der Waals surface area contributed by atoms with Crippen molar-refractivity contribution in [3.05, 3.63) is 34.9 Å². The minimum absolute atomic E-state index is 0.0542. The molecule has 0 radical (unpaired) electrons. The SMILES string of the molecule is O=C(NCCN1CCCC1)C1CSCN1C(=O)c1ccc(Cl)cc1. The number of carbonyl (C=O) groups excluding carboxylic acids is 2. The van der Waals surface area contributed by atoms with Crippen LogP contribution in [0.5, 0.6) is 0 Å². The maximum absolute atomic E-state index is 12.6. The number of thioether (sulfide) groups is 1. The molecule has 130 valence electrons. The highest BCUT2D eigenvalue weighted by atomic mass is 35.5. The third-order valence-corrected chi connectivity index (χ3v) is 5.73. The minimum atomic E-state index is -0.392. The summed E-state index contributed by atoms with van der Waals surface area (Å²) in [6.45, 7) is 3.77. The molecule has 2 fully saturated rings. The van der Waals surface area contributed by atoms with Crippen molar-refractivity contribution in [1.82, 2.24) is 15.1 Å². The van der Waals surface area contributed by atoms with Gasteiger partial charge in [0, 0.05) is 29.4 Å². The van der Waals surface area contributed by atoms with Crippen molar-refractivity contribution in [3.63, 3.8) is 0 Å². The molecule has 0 aliphatic carbocycles. The number of benzene rings is 1. The van der Waals surface area contributed by atoms with Crippen molar-refractivity contribution < 1.29 is 9.59 Å². The van der Waals surface area contributed by atoms with E-state index in [1.54, 1.807) is 40.9 Å². The van der Waals surface area contributed by atoms with E-state index in [2.05, 4.69) is 10.2 Å². The molecule has 2 aliphatic heterocycles. The highest BCUT2D eigenvalue weighted by molar-refractivity contribution is 7.99. The van der Waals surface area contributed by atoms with Gasteiger partial charge in [0.05, 0.1) is 5.88 Å². The monoisotopic (exact) mass is 367 g/mol. The van der Waals surface area contributed by atoms with Gasteiger partial charge >= 0.3 is 0 Å². The number of hydrogen-bond donors (Lipinski definition) is 1. The van der Waals surface area contributed by atoms with Crippen LogP contribution in [0.15, 0.2) is 24.3 Å². The Bertz CT molecular complexity index is 590. The number of rotatable bonds is 5. The number of nitrogens with one attached hydrogen (secondary N) is 1. The summed E-state index contributed by atoms with van der Waals surface area (Å²) < 4.78 is 0. The van der Waals surface area contributed by atoms with Crippen molar-refractivity contribution in [2.75, 3.05) is 37.8 Å². The second kappa shape index (κ2) is 8.23. The fraction of sp³-hybridized carbons (Fsp3) is 0.529. The Morgan fingerprint density at radius 3 is 2.62 bits per heavy atom. The molecule has 2 heterocycles. The zero-order valence-corrected chi connectivity index (χ0v) is 15.1. The average Bonchev–Trinajstić information content (AvgIpc) is 3.26. The molecule has 1 N–H and O–H groups in total. The van der Waals surface area contributed by atoms with E-state index in [1.165, 1.54) is 12.8 Å². The predicted octanol–water partition coefficient (Wildman–Crippen LogP) is 2.07. The summed E-state index contributed by atoms with van der Waals surface area (Å²) in [5, 5.41) is 3.58. The van der Waals surface area contributed by atoms with Crippen LogP contribution in [0.3, 0.4) is 0 Å². The molecule has 1 atom stereocenters. The van der Waals surface area contributed by atoms with E-state index in [1.807, 2.05) is 0 Å². The molecule has 5 nitrogen and oxygen atoms in total. The molecule has 3 rings (SSSR count). The molecule has 2 saturated heterocycles. The summed E-state index contributed by atoms with van der Waals surface area (Å²) in [4.78, 5) is 29.1. The van der Waals surface area contributed by atoms with E-state index in [9.17, 15) is 9.59 Å². The number of carbonyl (C=O) groups is 2. The Hall–Kier alpha value is -1.24. The van der Waals surface area contributed by atoms with Gasteiger partial charge in [0.15, 0.2) is 0 Å². The van der Waals surface area contributed by atoms with E-state index < -0.39 is 6.04 Å². The first kappa shape index (κ1) is 17.6. The van der Waals surface area contributed by atoms with E-state index in [0.29, 0.717) is 28.8 Å². The predicted molar refractivity (Wildman–Crippen MR) is 97.4 cm³/mol. The number of nitrogens with zero attached hydrogens (tertiary/aromatic N) is 2. The molecular formula is C17H22ClN3O2S. The smallest absolute Gasteiger partial charge is 0.255 e. The average molecular weight is 368 g/mol. The van der Waals surface area contributed by atoms with Gasteiger partial charge in [0.1, 0.15) is 6.04 Å². The van der Waals surface area contributed by atoms with Gasteiger partial charge in [-0.05, 0) is 50.2 Å². The fourth-order valence-electron chi connectivity index (χ4n) is 3.08. The maximum atomic E-state index is 12.6. The van der Waals surface area contributed by atoms with Gasteiger partial charge < -0.3 is 15.1 Å².